The van der Waals surface area contributed by atoms with Crippen molar-refractivity contribution in [1.82, 2.24) is 16.0 Å². The molecule has 4 amide bonds. The Morgan fingerprint density at radius 2 is 1.72 bits per heavy atom. The zero-order chi connectivity index (χ0) is 29.3. The predicted molar refractivity (Wildman–Crippen MR) is 146 cm³/mol. The summed E-state index contributed by atoms with van der Waals surface area (Å²) in [4.78, 5) is 60.8. The summed E-state index contributed by atoms with van der Waals surface area (Å²) < 4.78 is 11.3. The van der Waals surface area contributed by atoms with Crippen molar-refractivity contribution in [2.45, 2.75) is 64.9 Å². The lowest BCUT2D eigenvalue weighted by Crippen LogP contribution is -2.56. The van der Waals surface area contributed by atoms with Gasteiger partial charge in [0.1, 0.15) is 18.4 Å². The van der Waals surface area contributed by atoms with Crippen LogP contribution in [0.5, 0.6) is 5.75 Å². The molecule has 0 radical (unpaired) electrons. The molecule has 1 saturated heterocycles. The smallest absolute Gasteiger partial charge is 0.333 e. The van der Waals surface area contributed by atoms with Gasteiger partial charge in [-0.15, -0.1) is 0 Å². The van der Waals surface area contributed by atoms with Crippen molar-refractivity contribution in [3.63, 3.8) is 0 Å². The Hall–Kier alpha value is -3.12. The maximum absolute atomic E-state index is 13.2. The second-order valence-electron chi connectivity index (χ2n) is 10.9. The SMILES string of the molecule is CNC(=O)C(NC(=O)C(CC(C)C)C(OCCOc1ccc(CC2SC(=O)NC2=O)cc1)C(=O)O)C(C)(C)C. The molecule has 0 aliphatic carbocycles. The number of ether oxygens (including phenoxy) is 2. The third kappa shape index (κ3) is 9.85. The highest BCUT2D eigenvalue weighted by atomic mass is 32.2. The number of carbonyl (C=O) groups excluding carboxylic acids is 4. The maximum Gasteiger partial charge on any atom is 0.333 e. The van der Waals surface area contributed by atoms with E-state index in [-0.39, 0.29) is 42.6 Å². The Balaban J connectivity index is 1.98. The Morgan fingerprint density at radius 1 is 1.08 bits per heavy atom. The molecule has 4 atom stereocenters. The number of carbonyl (C=O) groups is 5. The van der Waals surface area contributed by atoms with Gasteiger partial charge in [-0.25, -0.2) is 4.79 Å². The molecule has 4 N–H and O–H groups in total. The summed E-state index contributed by atoms with van der Waals surface area (Å²) in [6.07, 6.45) is -0.777. The minimum Gasteiger partial charge on any atom is -0.491 e. The molecule has 0 saturated carbocycles. The molecule has 2 rings (SSSR count). The maximum atomic E-state index is 13.2. The third-order valence-corrected chi connectivity index (χ3v) is 7.07. The van der Waals surface area contributed by atoms with Crippen LogP contribution < -0.4 is 20.7 Å². The number of likely N-dealkylation sites (N-methyl/N-ethyl adjacent to an activating group) is 1. The van der Waals surface area contributed by atoms with Gasteiger partial charge >= 0.3 is 5.97 Å². The summed E-state index contributed by atoms with van der Waals surface area (Å²) in [6, 6.07) is 6.14. The molecule has 12 heteroatoms. The lowest BCUT2D eigenvalue weighted by molar-refractivity contribution is -0.160. The molecule has 1 aromatic rings. The van der Waals surface area contributed by atoms with Gasteiger partial charge in [0.25, 0.3) is 5.24 Å². The van der Waals surface area contributed by atoms with Gasteiger partial charge in [-0.2, -0.15) is 0 Å². The number of aliphatic carboxylic acids is 1. The molecule has 0 aromatic heterocycles. The first-order valence-electron chi connectivity index (χ1n) is 12.8. The number of hydrogen-bond donors (Lipinski definition) is 4. The van der Waals surface area contributed by atoms with Crippen LogP contribution in [-0.2, 0) is 30.3 Å². The van der Waals surface area contributed by atoms with E-state index in [0.29, 0.717) is 12.2 Å². The van der Waals surface area contributed by atoms with Crippen molar-refractivity contribution >= 4 is 40.7 Å². The molecule has 1 fully saturated rings. The van der Waals surface area contributed by atoms with E-state index in [0.717, 1.165) is 17.3 Å². The first-order chi connectivity index (χ1) is 18.2. The van der Waals surface area contributed by atoms with E-state index in [1.54, 1.807) is 24.3 Å². The van der Waals surface area contributed by atoms with E-state index in [2.05, 4.69) is 16.0 Å². The van der Waals surface area contributed by atoms with Crippen molar-refractivity contribution in [3.8, 4) is 5.75 Å². The van der Waals surface area contributed by atoms with Crippen LogP contribution in [0.2, 0.25) is 0 Å². The summed E-state index contributed by atoms with van der Waals surface area (Å²) in [7, 11) is 1.48. The van der Waals surface area contributed by atoms with E-state index in [9.17, 15) is 29.1 Å². The molecule has 1 aliphatic heterocycles. The van der Waals surface area contributed by atoms with Crippen molar-refractivity contribution in [2.75, 3.05) is 20.3 Å². The van der Waals surface area contributed by atoms with Crippen LogP contribution >= 0.6 is 11.8 Å². The van der Waals surface area contributed by atoms with Crippen LogP contribution in [0.3, 0.4) is 0 Å². The van der Waals surface area contributed by atoms with Crippen molar-refractivity contribution in [1.29, 1.82) is 0 Å². The van der Waals surface area contributed by atoms with Gasteiger partial charge in [-0.05, 0) is 41.9 Å². The Kier molecular flexibility index (Phi) is 11.8. The molecular formula is C27H39N3O8S. The molecule has 1 heterocycles. The van der Waals surface area contributed by atoms with Gasteiger partial charge in [0.05, 0.1) is 17.8 Å². The standard InChI is InChI=1S/C27H39N3O8S/c1-15(2)13-18(22(31)29-21(24(33)28-6)27(3,4)5)20(25(34)35)38-12-11-37-17-9-7-16(8-10-17)14-19-23(32)30-26(36)39-19/h7-10,15,18-21H,11-14H2,1-6H3,(H,28,33)(H,29,31)(H,34,35)(H,30,32,36). The average molecular weight is 566 g/mol. The van der Waals surface area contributed by atoms with Gasteiger partial charge in [0.15, 0.2) is 6.10 Å². The number of imide groups is 1. The van der Waals surface area contributed by atoms with Crippen LogP contribution in [0.25, 0.3) is 0 Å². The van der Waals surface area contributed by atoms with Gasteiger partial charge < -0.3 is 25.2 Å². The van der Waals surface area contributed by atoms with E-state index in [4.69, 9.17) is 9.47 Å². The highest BCUT2D eigenvalue weighted by molar-refractivity contribution is 8.15. The molecule has 4 unspecified atom stereocenters. The highest BCUT2D eigenvalue weighted by Crippen LogP contribution is 2.25. The minimum absolute atomic E-state index is 0.000816. The molecule has 11 nitrogen and oxygen atoms in total. The van der Waals surface area contributed by atoms with Crippen molar-refractivity contribution < 1.29 is 38.6 Å². The van der Waals surface area contributed by atoms with Crippen molar-refractivity contribution in [3.05, 3.63) is 29.8 Å². The van der Waals surface area contributed by atoms with Crippen LogP contribution in [0, 0.1) is 17.3 Å². The van der Waals surface area contributed by atoms with Gasteiger partial charge in [-0.3, -0.25) is 24.5 Å². The first-order valence-corrected chi connectivity index (χ1v) is 13.7. The topological polar surface area (TPSA) is 160 Å². The highest BCUT2D eigenvalue weighted by Gasteiger charge is 2.39. The fourth-order valence-corrected chi connectivity index (χ4v) is 4.96. The zero-order valence-electron chi connectivity index (χ0n) is 23.2. The quantitative estimate of drug-likeness (QED) is 0.248. The number of benzene rings is 1. The van der Waals surface area contributed by atoms with Gasteiger partial charge in [0.2, 0.25) is 17.7 Å². The number of carboxylic acids is 1. The number of nitrogens with one attached hydrogen (secondary N) is 3. The van der Waals surface area contributed by atoms with Crippen LogP contribution in [0.1, 0.15) is 46.6 Å². The summed E-state index contributed by atoms with van der Waals surface area (Å²) in [5.74, 6) is -3.02. The lowest BCUT2D eigenvalue weighted by Gasteiger charge is -2.32. The fraction of sp³-hybridized carbons (Fsp3) is 0.593. The van der Waals surface area contributed by atoms with Crippen LogP contribution in [-0.4, -0.2) is 71.7 Å². The summed E-state index contributed by atoms with van der Waals surface area (Å²) in [6.45, 7) is 9.14. The fourth-order valence-electron chi connectivity index (χ4n) is 4.10. The number of thioether (sulfide) groups is 1. The largest absolute Gasteiger partial charge is 0.491 e. The van der Waals surface area contributed by atoms with E-state index < -0.39 is 40.6 Å². The third-order valence-electron chi connectivity index (χ3n) is 6.09. The molecule has 1 aliphatic rings. The Bertz CT molecular complexity index is 1040. The molecule has 216 valence electrons. The van der Waals surface area contributed by atoms with Gasteiger partial charge in [0, 0.05) is 7.05 Å². The number of amides is 4. The van der Waals surface area contributed by atoms with Crippen LogP contribution in [0.4, 0.5) is 4.79 Å². The minimum atomic E-state index is -1.43. The Labute approximate surface area is 233 Å². The van der Waals surface area contributed by atoms with E-state index in [1.165, 1.54) is 7.05 Å². The first kappa shape index (κ1) is 32.1. The molecule has 39 heavy (non-hydrogen) atoms. The molecule has 0 bridgehead atoms. The molecule has 1 aromatic carbocycles. The number of carboxylic acid groups (broad SMARTS) is 1. The molecule has 0 spiro atoms. The predicted octanol–water partition coefficient (Wildman–Crippen LogP) is 2.37. The summed E-state index contributed by atoms with van der Waals surface area (Å²) in [5.41, 5.74) is 0.265. The summed E-state index contributed by atoms with van der Waals surface area (Å²) >= 11 is 0.965. The monoisotopic (exact) mass is 565 g/mol. The van der Waals surface area contributed by atoms with Crippen LogP contribution in [0.15, 0.2) is 24.3 Å². The second-order valence-corrected chi connectivity index (χ2v) is 12.0. The van der Waals surface area contributed by atoms with E-state index >= 15 is 0 Å². The lowest BCUT2D eigenvalue weighted by atomic mass is 9.84. The van der Waals surface area contributed by atoms with E-state index in [1.807, 2.05) is 34.6 Å². The molecular weight excluding hydrogens is 526 g/mol. The zero-order valence-corrected chi connectivity index (χ0v) is 24.1. The number of hydrogen-bond acceptors (Lipinski definition) is 8. The second kappa shape index (κ2) is 14.3. The summed E-state index contributed by atoms with van der Waals surface area (Å²) in [5, 5.41) is 16.6. The van der Waals surface area contributed by atoms with Gasteiger partial charge in [-0.1, -0.05) is 58.5 Å². The number of rotatable bonds is 14. The average Bonchev–Trinajstić information content (AvgIpc) is 3.16. The Morgan fingerprint density at radius 3 is 2.21 bits per heavy atom. The normalized spacial score (nSPS) is 17.8. The van der Waals surface area contributed by atoms with Crippen molar-refractivity contribution in [2.24, 2.45) is 17.3 Å².